The average Bonchev–Trinajstić information content (AvgIpc) is 3.22. The number of rotatable bonds is 4. The van der Waals surface area contributed by atoms with Gasteiger partial charge < -0.3 is 15.3 Å². The van der Waals surface area contributed by atoms with Gasteiger partial charge in [-0.25, -0.2) is 4.79 Å². The van der Waals surface area contributed by atoms with Crippen LogP contribution in [0.25, 0.3) is 11.1 Å². The van der Waals surface area contributed by atoms with Gasteiger partial charge in [0.25, 0.3) is 0 Å². The number of carbonyl (C=O) groups excluding carboxylic acids is 1. The number of benzene rings is 1. The number of aromatic nitrogens is 2. The summed E-state index contributed by atoms with van der Waals surface area (Å²) >= 11 is 0. The first kappa shape index (κ1) is 16.0. The fourth-order valence-corrected chi connectivity index (χ4v) is 2.95. The number of amides is 2. The molecular weight excluding hydrogens is 308 g/mol. The number of carboxylic acids is 1. The van der Waals surface area contributed by atoms with Gasteiger partial charge in [0, 0.05) is 38.4 Å². The van der Waals surface area contributed by atoms with Crippen molar-refractivity contribution in [1.82, 2.24) is 20.0 Å². The number of carbonyl (C=O) groups is 2. The van der Waals surface area contributed by atoms with E-state index >= 15 is 0 Å². The summed E-state index contributed by atoms with van der Waals surface area (Å²) in [6.45, 7) is 1.14. The van der Waals surface area contributed by atoms with Crippen molar-refractivity contribution in [2.24, 2.45) is 13.0 Å². The number of nitrogens with one attached hydrogen (secondary N) is 1. The Morgan fingerprint density at radius 2 is 2.17 bits per heavy atom. The van der Waals surface area contributed by atoms with E-state index in [-0.39, 0.29) is 12.6 Å². The van der Waals surface area contributed by atoms with E-state index < -0.39 is 11.9 Å². The molecular formula is C17H20N4O3. The third-order valence-electron chi connectivity index (χ3n) is 4.29. The van der Waals surface area contributed by atoms with E-state index in [1.807, 2.05) is 37.5 Å². The highest BCUT2D eigenvalue weighted by molar-refractivity contribution is 5.77. The first-order chi connectivity index (χ1) is 11.5. The molecule has 1 aliphatic rings. The minimum atomic E-state index is -0.841. The molecule has 3 rings (SSSR count). The lowest BCUT2D eigenvalue weighted by molar-refractivity contribution is -0.141. The number of hydrogen-bond donors (Lipinski definition) is 2. The Morgan fingerprint density at radius 1 is 1.38 bits per heavy atom. The first-order valence-electron chi connectivity index (χ1n) is 7.87. The summed E-state index contributed by atoms with van der Waals surface area (Å²) < 4.78 is 1.74. The molecule has 1 aliphatic heterocycles. The Morgan fingerprint density at radius 3 is 2.83 bits per heavy atom. The molecule has 0 bridgehead atoms. The van der Waals surface area contributed by atoms with Crippen LogP contribution in [0.1, 0.15) is 12.0 Å². The van der Waals surface area contributed by atoms with E-state index in [9.17, 15) is 9.59 Å². The molecule has 1 unspecified atom stereocenters. The smallest absolute Gasteiger partial charge is 0.317 e. The molecule has 24 heavy (non-hydrogen) atoms. The average molecular weight is 328 g/mol. The zero-order chi connectivity index (χ0) is 17.1. The predicted molar refractivity (Wildman–Crippen MR) is 88.2 cm³/mol. The van der Waals surface area contributed by atoms with Gasteiger partial charge >= 0.3 is 12.0 Å². The van der Waals surface area contributed by atoms with Crippen molar-refractivity contribution in [3.63, 3.8) is 0 Å². The van der Waals surface area contributed by atoms with Crippen LogP contribution in [0.5, 0.6) is 0 Å². The van der Waals surface area contributed by atoms with Crippen molar-refractivity contribution in [3.05, 3.63) is 42.2 Å². The minimum absolute atomic E-state index is 0.222. The highest BCUT2D eigenvalue weighted by Crippen LogP contribution is 2.23. The molecule has 1 atom stereocenters. The maximum atomic E-state index is 12.2. The topological polar surface area (TPSA) is 87.5 Å². The lowest BCUT2D eigenvalue weighted by Gasteiger charge is -2.17. The van der Waals surface area contributed by atoms with Crippen LogP contribution in [0.4, 0.5) is 4.79 Å². The van der Waals surface area contributed by atoms with E-state index in [1.165, 1.54) is 0 Å². The van der Waals surface area contributed by atoms with Crippen molar-refractivity contribution in [3.8, 4) is 11.1 Å². The Kier molecular flexibility index (Phi) is 4.50. The fraction of sp³-hybridized carbons (Fsp3) is 0.353. The highest BCUT2D eigenvalue weighted by atomic mass is 16.4. The molecule has 1 aromatic heterocycles. The second-order valence-electron chi connectivity index (χ2n) is 5.99. The van der Waals surface area contributed by atoms with Crippen LogP contribution in [0.2, 0.25) is 0 Å². The molecule has 2 aromatic rings. The number of nitrogens with zero attached hydrogens (tertiary/aromatic N) is 3. The summed E-state index contributed by atoms with van der Waals surface area (Å²) in [5.41, 5.74) is 3.01. The van der Waals surface area contributed by atoms with E-state index in [0.29, 0.717) is 19.5 Å². The Hall–Kier alpha value is -2.83. The zero-order valence-corrected chi connectivity index (χ0v) is 13.5. The highest BCUT2D eigenvalue weighted by Gasteiger charge is 2.30. The van der Waals surface area contributed by atoms with Crippen LogP contribution in [-0.2, 0) is 18.4 Å². The number of likely N-dealkylation sites (tertiary alicyclic amines) is 1. The molecule has 0 aliphatic carbocycles. The second-order valence-corrected chi connectivity index (χ2v) is 5.99. The number of aryl methyl sites for hydroxylation is 1. The molecule has 1 aromatic carbocycles. The van der Waals surface area contributed by atoms with Gasteiger partial charge in [-0.1, -0.05) is 24.3 Å². The lowest BCUT2D eigenvalue weighted by atomic mass is 10.0. The Balaban J connectivity index is 1.65. The molecule has 126 valence electrons. The van der Waals surface area contributed by atoms with Gasteiger partial charge in [0.2, 0.25) is 0 Å². The molecule has 2 amide bonds. The largest absolute Gasteiger partial charge is 0.481 e. The van der Waals surface area contributed by atoms with Crippen LogP contribution in [0.3, 0.4) is 0 Å². The maximum Gasteiger partial charge on any atom is 0.317 e. The SMILES string of the molecule is Cn1cc(-c2ccccc2CNC(=O)N2CCC(C(=O)O)C2)cn1. The van der Waals surface area contributed by atoms with E-state index in [2.05, 4.69) is 10.4 Å². The number of hydrogen-bond acceptors (Lipinski definition) is 3. The maximum absolute atomic E-state index is 12.2. The standard InChI is InChI=1S/C17H20N4O3/c1-20-10-14(9-19-20)15-5-3-2-4-12(15)8-18-17(24)21-7-6-13(11-21)16(22)23/h2-5,9-10,13H,6-8,11H2,1H3,(H,18,24)(H,22,23). The summed E-state index contributed by atoms with van der Waals surface area (Å²) in [4.78, 5) is 24.8. The van der Waals surface area contributed by atoms with Crippen molar-refractivity contribution in [1.29, 1.82) is 0 Å². The fourth-order valence-electron chi connectivity index (χ4n) is 2.95. The minimum Gasteiger partial charge on any atom is -0.481 e. The zero-order valence-electron chi connectivity index (χ0n) is 13.5. The summed E-state index contributed by atoms with van der Waals surface area (Å²) in [7, 11) is 1.86. The van der Waals surface area contributed by atoms with Gasteiger partial charge in [-0.05, 0) is 17.5 Å². The third-order valence-corrected chi connectivity index (χ3v) is 4.29. The van der Waals surface area contributed by atoms with Gasteiger partial charge in [0.1, 0.15) is 0 Å². The third kappa shape index (κ3) is 3.40. The van der Waals surface area contributed by atoms with E-state index in [0.717, 1.165) is 16.7 Å². The van der Waals surface area contributed by atoms with Crippen LogP contribution < -0.4 is 5.32 Å². The van der Waals surface area contributed by atoms with Crippen LogP contribution in [-0.4, -0.2) is 44.9 Å². The van der Waals surface area contributed by atoms with Crippen molar-refractivity contribution in [2.45, 2.75) is 13.0 Å². The van der Waals surface area contributed by atoms with Crippen LogP contribution in [0.15, 0.2) is 36.7 Å². The van der Waals surface area contributed by atoms with Gasteiger partial charge in [-0.2, -0.15) is 5.10 Å². The van der Waals surface area contributed by atoms with Gasteiger partial charge in [-0.15, -0.1) is 0 Å². The number of urea groups is 1. The molecule has 2 heterocycles. The Bertz CT molecular complexity index is 756. The number of carboxylic acid groups (broad SMARTS) is 1. The van der Waals surface area contributed by atoms with Gasteiger partial charge in [0.15, 0.2) is 0 Å². The number of aliphatic carboxylic acids is 1. The summed E-state index contributed by atoms with van der Waals surface area (Å²) in [5.74, 6) is -1.30. The van der Waals surface area contributed by atoms with Crippen molar-refractivity contribution >= 4 is 12.0 Å². The summed E-state index contributed by atoms with van der Waals surface area (Å²) in [5, 5.41) is 16.1. The predicted octanol–water partition coefficient (Wildman–Crippen LogP) is 1.70. The summed E-state index contributed by atoms with van der Waals surface area (Å²) in [6, 6.07) is 7.62. The van der Waals surface area contributed by atoms with E-state index in [1.54, 1.807) is 15.8 Å². The molecule has 0 radical (unpaired) electrons. The Labute approximate surface area is 139 Å². The van der Waals surface area contributed by atoms with Gasteiger partial charge in [0.05, 0.1) is 12.1 Å². The molecule has 1 saturated heterocycles. The molecule has 2 N–H and O–H groups in total. The van der Waals surface area contributed by atoms with Crippen LogP contribution >= 0.6 is 0 Å². The molecule has 7 heteroatoms. The van der Waals surface area contributed by atoms with Gasteiger partial charge in [-0.3, -0.25) is 9.48 Å². The molecule has 0 saturated carbocycles. The molecule has 0 spiro atoms. The summed E-state index contributed by atoms with van der Waals surface area (Å²) in [6.07, 6.45) is 4.23. The second kappa shape index (κ2) is 6.74. The monoisotopic (exact) mass is 328 g/mol. The lowest BCUT2D eigenvalue weighted by Crippen LogP contribution is -2.38. The van der Waals surface area contributed by atoms with Crippen LogP contribution in [0, 0.1) is 5.92 Å². The molecule has 7 nitrogen and oxygen atoms in total. The van der Waals surface area contributed by atoms with E-state index in [4.69, 9.17) is 5.11 Å². The van der Waals surface area contributed by atoms with Crippen molar-refractivity contribution < 1.29 is 14.7 Å². The normalized spacial score (nSPS) is 17.0. The first-order valence-corrected chi connectivity index (χ1v) is 7.87. The molecule has 1 fully saturated rings. The quantitative estimate of drug-likeness (QED) is 0.894. The van der Waals surface area contributed by atoms with Crippen molar-refractivity contribution in [2.75, 3.05) is 13.1 Å².